The smallest absolute Gasteiger partial charge is 0.222 e. The minimum absolute atomic E-state index is 0.411. The van der Waals surface area contributed by atoms with Gasteiger partial charge in [-0.1, -0.05) is 45.4 Å². The van der Waals surface area contributed by atoms with E-state index in [2.05, 4.69) is 26.1 Å². The molecular formula is C10H10BrClN4S. The Morgan fingerprint density at radius 1 is 1.47 bits per heavy atom. The van der Waals surface area contributed by atoms with Gasteiger partial charge in [0, 0.05) is 22.3 Å². The molecule has 0 spiro atoms. The van der Waals surface area contributed by atoms with Gasteiger partial charge >= 0.3 is 0 Å². The summed E-state index contributed by atoms with van der Waals surface area (Å²) in [5.74, 6) is 1.15. The summed E-state index contributed by atoms with van der Waals surface area (Å²) in [5.41, 5.74) is 6.66. The maximum atomic E-state index is 6.13. The Kier molecular flexibility index (Phi) is 3.96. The number of benzene rings is 1. The number of aromatic nitrogens is 3. The molecule has 0 saturated carbocycles. The Labute approximate surface area is 117 Å². The molecule has 4 nitrogen and oxygen atoms in total. The largest absolute Gasteiger partial charge is 0.368 e. The van der Waals surface area contributed by atoms with Crippen LogP contribution in [0.1, 0.15) is 5.56 Å². The maximum absolute atomic E-state index is 6.13. The van der Waals surface area contributed by atoms with Crippen LogP contribution in [0.2, 0.25) is 5.02 Å². The van der Waals surface area contributed by atoms with E-state index in [-0.39, 0.29) is 0 Å². The SMILES string of the molecule is Cn1c(N)nnc1SCc1ccc(Br)cc1Cl. The van der Waals surface area contributed by atoms with Gasteiger partial charge in [0.05, 0.1) is 0 Å². The van der Waals surface area contributed by atoms with Crippen LogP contribution in [0.25, 0.3) is 0 Å². The van der Waals surface area contributed by atoms with Crippen LogP contribution in [0.4, 0.5) is 5.95 Å². The third-order valence-electron chi connectivity index (χ3n) is 2.24. The number of nitrogens with two attached hydrogens (primary N) is 1. The third-order valence-corrected chi connectivity index (χ3v) is 4.15. The van der Waals surface area contributed by atoms with Gasteiger partial charge in [-0.05, 0) is 17.7 Å². The van der Waals surface area contributed by atoms with Crippen molar-refractivity contribution in [2.45, 2.75) is 10.9 Å². The van der Waals surface area contributed by atoms with Gasteiger partial charge in [-0.25, -0.2) is 0 Å². The van der Waals surface area contributed by atoms with Crippen molar-refractivity contribution in [2.75, 3.05) is 5.73 Å². The van der Waals surface area contributed by atoms with Crippen LogP contribution in [0.5, 0.6) is 0 Å². The number of nitrogens with zero attached hydrogens (tertiary/aromatic N) is 3. The first-order valence-corrected chi connectivity index (χ1v) is 6.95. The van der Waals surface area contributed by atoms with Crippen LogP contribution >= 0.6 is 39.3 Å². The molecule has 0 saturated heterocycles. The van der Waals surface area contributed by atoms with E-state index in [0.717, 1.165) is 26.0 Å². The molecule has 0 aliphatic carbocycles. The minimum atomic E-state index is 0.411. The second-order valence-electron chi connectivity index (χ2n) is 3.42. The Bertz CT molecular complexity index is 543. The molecular weight excluding hydrogens is 324 g/mol. The molecule has 0 aliphatic rings. The highest BCUT2D eigenvalue weighted by Gasteiger charge is 2.08. The number of hydrogen-bond acceptors (Lipinski definition) is 4. The average molecular weight is 334 g/mol. The van der Waals surface area contributed by atoms with E-state index in [1.807, 2.05) is 25.2 Å². The summed E-state index contributed by atoms with van der Waals surface area (Å²) in [5, 5.41) is 9.29. The Morgan fingerprint density at radius 3 is 2.82 bits per heavy atom. The highest BCUT2D eigenvalue weighted by Crippen LogP contribution is 2.28. The molecule has 90 valence electrons. The third kappa shape index (κ3) is 2.94. The first kappa shape index (κ1) is 12.7. The number of thioether (sulfide) groups is 1. The fourth-order valence-electron chi connectivity index (χ4n) is 1.23. The lowest BCUT2D eigenvalue weighted by Gasteiger charge is -2.04. The fraction of sp³-hybridized carbons (Fsp3) is 0.200. The first-order chi connectivity index (χ1) is 8.08. The number of hydrogen-bond donors (Lipinski definition) is 1. The number of halogens is 2. The van der Waals surface area contributed by atoms with Crippen molar-refractivity contribution in [1.82, 2.24) is 14.8 Å². The van der Waals surface area contributed by atoms with Crippen molar-refractivity contribution < 1.29 is 0 Å². The predicted molar refractivity (Wildman–Crippen MR) is 74.1 cm³/mol. The highest BCUT2D eigenvalue weighted by molar-refractivity contribution is 9.10. The zero-order valence-electron chi connectivity index (χ0n) is 9.02. The van der Waals surface area contributed by atoms with Crippen molar-refractivity contribution in [3.8, 4) is 0 Å². The molecule has 7 heteroatoms. The van der Waals surface area contributed by atoms with E-state index < -0.39 is 0 Å². The van der Waals surface area contributed by atoms with Gasteiger partial charge in [0.2, 0.25) is 5.95 Å². The van der Waals surface area contributed by atoms with Crippen molar-refractivity contribution in [3.63, 3.8) is 0 Å². The molecule has 0 unspecified atom stereocenters. The zero-order valence-corrected chi connectivity index (χ0v) is 12.2. The fourth-order valence-corrected chi connectivity index (χ4v) is 2.97. The van der Waals surface area contributed by atoms with Crippen molar-refractivity contribution in [1.29, 1.82) is 0 Å². The average Bonchev–Trinajstić information content (AvgIpc) is 2.59. The summed E-state index contributed by atoms with van der Waals surface area (Å²) in [7, 11) is 1.83. The van der Waals surface area contributed by atoms with Gasteiger partial charge in [-0.2, -0.15) is 0 Å². The van der Waals surface area contributed by atoms with Gasteiger partial charge < -0.3 is 5.73 Å². The molecule has 0 atom stereocenters. The summed E-state index contributed by atoms with van der Waals surface area (Å²) in [6.07, 6.45) is 0. The molecule has 0 fully saturated rings. The molecule has 1 aromatic carbocycles. The van der Waals surface area contributed by atoms with Crippen LogP contribution in [-0.4, -0.2) is 14.8 Å². The van der Waals surface area contributed by atoms with Gasteiger partial charge in [0.15, 0.2) is 5.16 Å². The van der Waals surface area contributed by atoms with E-state index >= 15 is 0 Å². The normalized spacial score (nSPS) is 10.8. The number of nitrogen functional groups attached to an aromatic ring is 1. The molecule has 0 amide bonds. The van der Waals surface area contributed by atoms with Crippen LogP contribution in [0, 0.1) is 0 Å². The Morgan fingerprint density at radius 2 is 2.24 bits per heavy atom. The lowest BCUT2D eigenvalue weighted by Crippen LogP contribution is -1.98. The lowest BCUT2D eigenvalue weighted by molar-refractivity contribution is 0.796. The zero-order chi connectivity index (χ0) is 12.4. The van der Waals surface area contributed by atoms with E-state index in [9.17, 15) is 0 Å². The predicted octanol–water partition coefficient (Wildman–Crippen LogP) is 3.11. The second kappa shape index (κ2) is 5.29. The number of rotatable bonds is 3. The van der Waals surface area contributed by atoms with Crippen molar-refractivity contribution >= 4 is 45.2 Å². The number of anilines is 1. The topological polar surface area (TPSA) is 56.7 Å². The quantitative estimate of drug-likeness (QED) is 0.877. The highest BCUT2D eigenvalue weighted by atomic mass is 79.9. The van der Waals surface area contributed by atoms with E-state index in [1.165, 1.54) is 0 Å². The van der Waals surface area contributed by atoms with Crippen LogP contribution in [0.3, 0.4) is 0 Å². The summed E-state index contributed by atoms with van der Waals surface area (Å²) in [6.45, 7) is 0. The minimum Gasteiger partial charge on any atom is -0.368 e. The van der Waals surface area contributed by atoms with E-state index in [0.29, 0.717) is 5.95 Å². The van der Waals surface area contributed by atoms with Crippen molar-refractivity contribution in [2.24, 2.45) is 7.05 Å². The Balaban J connectivity index is 2.10. The van der Waals surface area contributed by atoms with Gasteiger partial charge in [0.1, 0.15) is 0 Å². The molecule has 17 heavy (non-hydrogen) atoms. The Hall–Kier alpha value is -0.720. The summed E-state index contributed by atoms with van der Waals surface area (Å²) in [6, 6.07) is 5.83. The summed E-state index contributed by atoms with van der Waals surface area (Å²) >= 11 is 11.1. The van der Waals surface area contributed by atoms with Crippen LogP contribution in [0.15, 0.2) is 27.8 Å². The van der Waals surface area contributed by atoms with Crippen LogP contribution in [-0.2, 0) is 12.8 Å². The van der Waals surface area contributed by atoms with Gasteiger partial charge in [-0.15, -0.1) is 10.2 Å². The standard InChI is InChI=1S/C10H10BrClN4S/c1-16-9(13)14-15-10(16)17-5-6-2-3-7(11)4-8(6)12/h2-4H,5H2,1H3,(H2,13,14). The molecule has 1 heterocycles. The summed E-state index contributed by atoms with van der Waals surface area (Å²) in [4.78, 5) is 0. The maximum Gasteiger partial charge on any atom is 0.222 e. The lowest BCUT2D eigenvalue weighted by atomic mass is 10.2. The molecule has 2 aromatic rings. The van der Waals surface area contributed by atoms with Gasteiger partial charge in [0.25, 0.3) is 0 Å². The molecule has 1 aromatic heterocycles. The van der Waals surface area contributed by atoms with E-state index in [4.69, 9.17) is 17.3 Å². The second-order valence-corrected chi connectivity index (χ2v) is 5.69. The van der Waals surface area contributed by atoms with Crippen molar-refractivity contribution in [3.05, 3.63) is 33.3 Å². The first-order valence-electron chi connectivity index (χ1n) is 4.79. The molecule has 0 bridgehead atoms. The molecule has 2 N–H and O–H groups in total. The molecule has 0 radical (unpaired) electrons. The monoisotopic (exact) mass is 332 g/mol. The van der Waals surface area contributed by atoms with E-state index in [1.54, 1.807) is 16.3 Å². The van der Waals surface area contributed by atoms with Crippen LogP contribution < -0.4 is 5.73 Å². The van der Waals surface area contributed by atoms with Gasteiger partial charge in [-0.3, -0.25) is 4.57 Å². The molecule has 0 aliphatic heterocycles. The summed E-state index contributed by atoms with van der Waals surface area (Å²) < 4.78 is 2.72. The molecule has 2 rings (SSSR count).